The van der Waals surface area contributed by atoms with E-state index >= 15 is 0 Å². The van der Waals surface area contributed by atoms with Gasteiger partial charge < -0.3 is 10.2 Å². The molecule has 1 unspecified atom stereocenters. The Morgan fingerprint density at radius 1 is 1.62 bits per heavy atom. The lowest BCUT2D eigenvalue weighted by molar-refractivity contribution is -0.128. The third kappa shape index (κ3) is 2.90. The largest absolute Gasteiger partial charge is 0.356 e. The molecule has 4 nitrogen and oxygen atoms in total. The third-order valence-corrected chi connectivity index (χ3v) is 4.45. The average molecular weight is 241 g/mol. The van der Waals surface area contributed by atoms with Crippen LogP contribution in [0.3, 0.4) is 0 Å². The number of likely N-dealkylation sites (N-methyl/N-ethyl adjacent to an activating group) is 1. The van der Waals surface area contributed by atoms with E-state index in [4.69, 9.17) is 0 Å². The Morgan fingerprint density at radius 3 is 3.00 bits per heavy atom. The van der Waals surface area contributed by atoms with E-state index in [0.717, 1.165) is 24.2 Å². The van der Waals surface area contributed by atoms with E-state index in [1.165, 1.54) is 12.8 Å². The van der Waals surface area contributed by atoms with Crippen LogP contribution in [0.25, 0.3) is 0 Å². The van der Waals surface area contributed by atoms with Crippen molar-refractivity contribution in [2.24, 2.45) is 10.9 Å². The first-order valence-corrected chi connectivity index (χ1v) is 6.77. The van der Waals surface area contributed by atoms with E-state index in [9.17, 15) is 4.79 Å². The number of aliphatic imine (C=N–C) groups is 1. The molecule has 2 aliphatic rings. The summed E-state index contributed by atoms with van der Waals surface area (Å²) >= 11 is 1.81. The van der Waals surface area contributed by atoms with E-state index in [2.05, 4.69) is 10.3 Å². The van der Waals surface area contributed by atoms with E-state index < -0.39 is 0 Å². The normalized spacial score (nSPS) is 24.1. The molecule has 1 fully saturated rings. The minimum Gasteiger partial charge on any atom is -0.356 e. The lowest BCUT2D eigenvalue weighted by atomic mass is 10.3. The number of nitrogens with one attached hydrogen (secondary N) is 1. The summed E-state index contributed by atoms with van der Waals surface area (Å²) in [7, 11) is 1.82. The molecule has 1 atom stereocenters. The van der Waals surface area contributed by atoms with Crippen LogP contribution in [0.4, 0.5) is 0 Å². The first-order valence-electron chi connectivity index (χ1n) is 5.89. The van der Waals surface area contributed by atoms with E-state index in [1.54, 1.807) is 4.90 Å². The monoisotopic (exact) mass is 241 g/mol. The topological polar surface area (TPSA) is 44.7 Å². The van der Waals surface area contributed by atoms with Crippen molar-refractivity contribution < 1.29 is 4.79 Å². The van der Waals surface area contributed by atoms with Crippen molar-refractivity contribution in [2.75, 3.05) is 26.7 Å². The van der Waals surface area contributed by atoms with Gasteiger partial charge in [0, 0.05) is 18.8 Å². The minimum absolute atomic E-state index is 0.126. The van der Waals surface area contributed by atoms with Crippen molar-refractivity contribution in [3.05, 3.63) is 0 Å². The maximum atomic E-state index is 11.6. The maximum Gasteiger partial charge on any atom is 0.241 e. The van der Waals surface area contributed by atoms with Gasteiger partial charge in [0.05, 0.1) is 13.1 Å². The number of amides is 1. The fourth-order valence-corrected chi connectivity index (χ4v) is 2.87. The van der Waals surface area contributed by atoms with E-state index in [1.807, 2.05) is 25.7 Å². The summed E-state index contributed by atoms with van der Waals surface area (Å²) in [6.45, 7) is 4.02. The van der Waals surface area contributed by atoms with Crippen LogP contribution in [0.5, 0.6) is 0 Å². The molecule has 1 saturated carbocycles. The molecule has 1 N–H and O–H groups in total. The van der Waals surface area contributed by atoms with Gasteiger partial charge in [-0.25, -0.2) is 0 Å². The molecule has 1 amide bonds. The molecule has 0 bridgehead atoms. The maximum absolute atomic E-state index is 11.6. The number of hydrogen-bond donors (Lipinski definition) is 1. The molecule has 16 heavy (non-hydrogen) atoms. The first kappa shape index (κ1) is 11.8. The number of hydrogen-bond acceptors (Lipinski definition) is 4. The van der Waals surface area contributed by atoms with Crippen molar-refractivity contribution in [3.8, 4) is 0 Å². The second-order valence-electron chi connectivity index (χ2n) is 4.40. The second kappa shape index (κ2) is 5.08. The minimum atomic E-state index is 0.126. The molecule has 90 valence electrons. The lowest BCUT2D eigenvalue weighted by Gasteiger charge is -2.15. The van der Waals surface area contributed by atoms with Crippen LogP contribution in [0.2, 0.25) is 0 Å². The zero-order valence-corrected chi connectivity index (χ0v) is 10.7. The molecule has 0 aromatic heterocycles. The van der Waals surface area contributed by atoms with Crippen LogP contribution in [-0.2, 0) is 4.79 Å². The highest BCUT2D eigenvalue weighted by Gasteiger charge is 2.35. The Balaban J connectivity index is 1.68. The molecule has 1 aliphatic carbocycles. The predicted octanol–water partition coefficient (Wildman–Crippen LogP) is 0.936. The standard InChI is InChI=1S/C11H19N3OS/c1-3-14(2)10(15)7-13-11-12-6-9(16-11)8-4-5-8/h8-9H,3-7H2,1-2H3,(H,12,13). The van der Waals surface area contributed by atoms with Gasteiger partial charge in [-0.15, -0.1) is 0 Å². The van der Waals surface area contributed by atoms with Crippen LogP contribution >= 0.6 is 11.8 Å². The summed E-state index contributed by atoms with van der Waals surface area (Å²) < 4.78 is 0. The Kier molecular flexibility index (Phi) is 3.74. The zero-order valence-electron chi connectivity index (χ0n) is 9.90. The van der Waals surface area contributed by atoms with Gasteiger partial charge in [0.15, 0.2) is 5.17 Å². The van der Waals surface area contributed by atoms with Crippen LogP contribution in [0, 0.1) is 5.92 Å². The Labute approximate surface area is 101 Å². The van der Waals surface area contributed by atoms with Gasteiger partial charge in [0.25, 0.3) is 0 Å². The van der Waals surface area contributed by atoms with Crippen molar-refractivity contribution in [1.82, 2.24) is 10.2 Å². The highest BCUT2D eigenvalue weighted by molar-refractivity contribution is 8.14. The SMILES string of the molecule is CCN(C)C(=O)CNC1=NCC(C2CC2)S1. The lowest BCUT2D eigenvalue weighted by Crippen LogP contribution is -2.36. The second-order valence-corrected chi connectivity index (χ2v) is 5.63. The summed E-state index contributed by atoms with van der Waals surface area (Å²) in [5.74, 6) is 1.00. The Hall–Kier alpha value is -0.710. The molecular weight excluding hydrogens is 222 g/mol. The summed E-state index contributed by atoms with van der Waals surface area (Å²) in [6.07, 6.45) is 2.72. The number of rotatable bonds is 4. The fourth-order valence-electron chi connectivity index (χ4n) is 1.66. The Morgan fingerprint density at radius 2 is 2.38 bits per heavy atom. The number of nitrogens with zero attached hydrogens (tertiary/aromatic N) is 2. The molecule has 1 heterocycles. The molecule has 0 spiro atoms. The smallest absolute Gasteiger partial charge is 0.241 e. The molecule has 0 aromatic rings. The van der Waals surface area contributed by atoms with Crippen molar-refractivity contribution in [3.63, 3.8) is 0 Å². The molecule has 0 saturated heterocycles. The van der Waals surface area contributed by atoms with Gasteiger partial charge in [-0.05, 0) is 25.7 Å². The predicted molar refractivity (Wildman–Crippen MR) is 67.7 cm³/mol. The van der Waals surface area contributed by atoms with Crippen LogP contribution in [0.15, 0.2) is 4.99 Å². The molecule has 5 heteroatoms. The van der Waals surface area contributed by atoms with Gasteiger partial charge in [-0.3, -0.25) is 9.79 Å². The molecular formula is C11H19N3OS. The van der Waals surface area contributed by atoms with Crippen molar-refractivity contribution in [1.29, 1.82) is 0 Å². The molecule has 1 aliphatic heterocycles. The summed E-state index contributed by atoms with van der Waals surface area (Å²) in [6, 6.07) is 0. The third-order valence-electron chi connectivity index (χ3n) is 3.12. The van der Waals surface area contributed by atoms with Gasteiger partial charge in [0.2, 0.25) is 5.91 Å². The van der Waals surface area contributed by atoms with Gasteiger partial charge >= 0.3 is 0 Å². The summed E-state index contributed by atoms with van der Waals surface area (Å²) in [4.78, 5) is 17.7. The number of carbonyl (C=O) groups is 1. The van der Waals surface area contributed by atoms with Crippen LogP contribution < -0.4 is 5.32 Å². The zero-order chi connectivity index (χ0) is 11.5. The van der Waals surface area contributed by atoms with Gasteiger partial charge in [0.1, 0.15) is 0 Å². The quantitative estimate of drug-likeness (QED) is 0.796. The summed E-state index contributed by atoms with van der Waals surface area (Å²) in [5, 5.41) is 4.75. The highest BCUT2D eigenvalue weighted by Crippen LogP contribution is 2.41. The summed E-state index contributed by atoms with van der Waals surface area (Å²) in [5.41, 5.74) is 0. The number of thioether (sulfide) groups is 1. The van der Waals surface area contributed by atoms with Crippen molar-refractivity contribution >= 4 is 22.8 Å². The van der Waals surface area contributed by atoms with Gasteiger partial charge in [-0.1, -0.05) is 11.8 Å². The van der Waals surface area contributed by atoms with Crippen LogP contribution in [0.1, 0.15) is 19.8 Å². The van der Waals surface area contributed by atoms with E-state index in [-0.39, 0.29) is 5.91 Å². The number of carbonyl (C=O) groups excluding carboxylic acids is 1. The molecule has 0 radical (unpaired) electrons. The average Bonchev–Trinajstić information content (AvgIpc) is 3.05. The van der Waals surface area contributed by atoms with Gasteiger partial charge in [-0.2, -0.15) is 0 Å². The number of amidine groups is 1. The van der Waals surface area contributed by atoms with Crippen molar-refractivity contribution in [2.45, 2.75) is 25.0 Å². The van der Waals surface area contributed by atoms with E-state index in [0.29, 0.717) is 11.8 Å². The Bertz CT molecular complexity index is 302. The van der Waals surface area contributed by atoms with Crippen LogP contribution in [-0.4, -0.2) is 47.9 Å². The fraction of sp³-hybridized carbons (Fsp3) is 0.818. The highest BCUT2D eigenvalue weighted by atomic mass is 32.2. The first-order chi connectivity index (χ1) is 7.70. The molecule has 0 aromatic carbocycles. The molecule has 2 rings (SSSR count).